The molecule has 24 heavy (non-hydrogen) atoms. The van der Waals surface area contributed by atoms with Crippen molar-refractivity contribution in [2.24, 2.45) is 0 Å². The van der Waals surface area contributed by atoms with Crippen molar-refractivity contribution in [3.63, 3.8) is 0 Å². The summed E-state index contributed by atoms with van der Waals surface area (Å²) in [6.07, 6.45) is 0.296. The van der Waals surface area contributed by atoms with Crippen LogP contribution in [0.5, 0.6) is 0 Å². The van der Waals surface area contributed by atoms with Crippen LogP contribution in [-0.2, 0) is 18.6 Å². The zero-order valence-corrected chi connectivity index (χ0v) is 16.1. The van der Waals surface area contributed by atoms with Crippen LogP contribution in [0, 0.1) is 0 Å². The van der Waals surface area contributed by atoms with Gasteiger partial charge in [0, 0.05) is 12.8 Å². The topological polar surface area (TPSA) is 123 Å². The number of nitrogens with one attached hydrogen (secondary N) is 2. The molecule has 2 amide bonds. The zero-order valence-electron chi connectivity index (χ0n) is 14.3. The Morgan fingerprint density at radius 3 is 1.54 bits per heavy atom. The van der Waals surface area contributed by atoms with Gasteiger partial charge in [0.25, 0.3) is 0 Å². The lowest BCUT2D eigenvalue weighted by atomic mass is 10.0. The number of carbonyl (C=O) groups excluding carboxylic acids is 2. The van der Waals surface area contributed by atoms with Crippen LogP contribution in [-0.4, -0.2) is 47.7 Å². The van der Waals surface area contributed by atoms with E-state index in [0.717, 1.165) is 0 Å². The van der Waals surface area contributed by atoms with Crippen molar-refractivity contribution in [1.82, 2.24) is 10.6 Å². The van der Waals surface area contributed by atoms with Crippen LogP contribution in [0.25, 0.3) is 0 Å². The summed E-state index contributed by atoms with van der Waals surface area (Å²) in [4.78, 5) is 47.8. The van der Waals surface area contributed by atoms with Crippen molar-refractivity contribution >= 4 is 38.4 Å². The van der Waals surface area contributed by atoms with E-state index in [9.17, 15) is 19.4 Å². The third-order valence-corrected chi connectivity index (χ3v) is 5.98. The molecule has 0 aromatic rings. The zero-order chi connectivity index (χ0) is 18.3. The fourth-order valence-corrected chi connectivity index (χ4v) is 3.73. The van der Waals surface area contributed by atoms with E-state index in [-0.39, 0.29) is 24.7 Å². The summed E-state index contributed by atoms with van der Waals surface area (Å²) in [7, 11) is -3.92. The summed E-state index contributed by atoms with van der Waals surface area (Å²) >= 11 is 0. The normalized spacial score (nSPS) is 23.2. The van der Waals surface area contributed by atoms with E-state index >= 15 is 0 Å². The first-order valence-electron chi connectivity index (χ1n) is 7.76. The first-order chi connectivity index (χ1) is 11.3. The van der Waals surface area contributed by atoms with Gasteiger partial charge in [0.15, 0.2) is 0 Å². The lowest BCUT2D eigenvalue weighted by Gasteiger charge is -2.29. The van der Waals surface area contributed by atoms with Crippen LogP contribution < -0.4 is 20.4 Å². The molecule has 2 N–H and O–H groups in total. The Morgan fingerprint density at radius 2 is 1.25 bits per heavy atom. The van der Waals surface area contributed by atoms with E-state index in [0.29, 0.717) is 23.8 Å². The summed E-state index contributed by atoms with van der Waals surface area (Å²) in [5.41, 5.74) is 0. The molecule has 0 aromatic carbocycles. The summed E-state index contributed by atoms with van der Waals surface area (Å²) in [6, 6.07) is -1.57. The van der Waals surface area contributed by atoms with Crippen LogP contribution in [0.2, 0.25) is 0 Å². The molecular formula is C14H24N2O6P2. The highest BCUT2D eigenvalue weighted by Gasteiger charge is 2.35. The number of hydrogen-bond donors (Lipinski definition) is 2. The fourth-order valence-electron chi connectivity index (χ4n) is 2.16. The third-order valence-electron chi connectivity index (χ3n) is 3.38. The minimum Gasteiger partial charge on any atom is -0.603 e. The van der Waals surface area contributed by atoms with Crippen molar-refractivity contribution in [3.8, 4) is 0 Å². The van der Waals surface area contributed by atoms with Crippen molar-refractivity contribution in [3.05, 3.63) is 0 Å². The lowest BCUT2D eigenvalue weighted by molar-refractivity contribution is -0.172. The van der Waals surface area contributed by atoms with Crippen LogP contribution in [0.1, 0.15) is 40.5 Å². The maximum atomic E-state index is 12.2. The predicted molar refractivity (Wildman–Crippen MR) is 91.5 cm³/mol. The van der Waals surface area contributed by atoms with E-state index in [1.165, 1.54) is 0 Å². The molecule has 0 spiro atoms. The molecule has 0 bridgehead atoms. The Labute approximate surface area is 144 Å². The number of amides is 2. The van der Waals surface area contributed by atoms with Gasteiger partial charge in [-0.05, 0) is 27.7 Å². The molecule has 10 heteroatoms. The lowest BCUT2D eigenvalue weighted by Crippen LogP contribution is -2.62. The van der Waals surface area contributed by atoms with Gasteiger partial charge in [-0.1, -0.05) is 0 Å². The van der Waals surface area contributed by atoms with Crippen molar-refractivity contribution in [2.45, 2.75) is 52.6 Å². The molecular weight excluding hydrogens is 354 g/mol. The highest BCUT2D eigenvalue weighted by molar-refractivity contribution is 7.47. The molecule has 8 nitrogen and oxygen atoms in total. The number of hydrogen-bond acceptors (Lipinski definition) is 6. The molecule has 1 heterocycles. The largest absolute Gasteiger partial charge is 0.603 e. The van der Waals surface area contributed by atoms with E-state index in [1.807, 2.05) is 0 Å². The Kier molecular flexibility index (Phi) is 8.98. The first-order valence-corrected chi connectivity index (χ1v) is 10.1. The highest BCUT2D eigenvalue weighted by Crippen LogP contribution is 2.20. The Morgan fingerprint density at radius 1 is 0.917 bits per heavy atom. The number of piperazine rings is 1. The second-order valence-corrected chi connectivity index (χ2v) is 8.42. The summed E-state index contributed by atoms with van der Waals surface area (Å²) in [6.45, 7) is 7.34. The monoisotopic (exact) mass is 378 g/mol. The van der Waals surface area contributed by atoms with Crippen LogP contribution in [0.15, 0.2) is 0 Å². The fraction of sp³-hybridized carbons (Fsp3) is 0.714. The molecule has 2 unspecified atom stereocenters. The van der Waals surface area contributed by atoms with Crippen molar-refractivity contribution in [2.75, 3.05) is 13.2 Å². The van der Waals surface area contributed by atoms with Gasteiger partial charge >= 0.3 is 0 Å². The number of carbonyl (C=O) groups is 2. The molecule has 1 aliphatic heterocycles. The average Bonchev–Trinajstić information content (AvgIpc) is 2.52. The molecule has 1 saturated heterocycles. The molecule has 1 fully saturated rings. The minimum absolute atomic E-state index is 0.148. The predicted octanol–water partition coefficient (Wildman–Crippen LogP) is -0.448. The van der Waals surface area contributed by atoms with Crippen molar-refractivity contribution in [1.29, 1.82) is 0 Å². The average molecular weight is 378 g/mol. The molecule has 1 aliphatic rings. The van der Waals surface area contributed by atoms with Gasteiger partial charge in [-0.25, -0.2) is 0 Å². The quantitative estimate of drug-likeness (QED) is 0.552. The standard InChI is InChI=1S/C14H24N2O6P2/c1-5-21-23(19)9(3)7-11-13(17)16-12(14(18)15-11)8-10(4)24(20)22-6-2/h11-12H,5-8H2,1-4H3,(H,15,18)(H,16,17)/t11-,12-/m0/s1. The van der Waals surface area contributed by atoms with E-state index < -0.39 is 28.1 Å². The highest BCUT2D eigenvalue weighted by atomic mass is 31.1. The first kappa shape index (κ1) is 21.2. The molecule has 136 valence electrons. The number of rotatable bonds is 8. The maximum absolute atomic E-state index is 12.2. The molecule has 0 saturated carbocycles. The molecule has 0 radical (unpaired) electrons. The summed E-state index contributed by atoms with van der Waals surface area (Å²) in [5, 5.41) is 6.25. The SMILES string of the molecule is CCO[P+]([O-])=C(C)C[C@@H]1NC(=O)[C@H](CC(C)=[P+]([O-])OCC)NC1=O. The van der Waals surface area contributed by atoms with Crippen LogP contribution in [0.3, 0.4) is 0 Å². The van der Waals surface area contributed by atoms with Gasteiger partial charge in [0.1, 0.15) is 22.7 Å². The second kappa shape index (κ2) is 10.2. The van der Waals surface area contributed by atoms with Gasteiger partial charge in [0.2, 0.25) is 27.8 Å². The van der Waals surface area contributed by atoms with Crippen molar-refractivity contribution < 1.29 is 28.4 Å². The summed E-state index contributed by atoms with van der Waals surface area (Å²) in [5.74, 6) is -0.725. The van der Waals surface area contributed by atoms with Gasteiger partial charge in [-0.3, -0.25) is 9.59 Å². The Balaban J connectivity index is 2.71. The summed E-state index contributed by atoms with van der Waals surface area (Å²) < 4.78 is 10.0. The van der Waals surface area contributed by atoms with E-state index in [1.54, 1.807) is 27.7 Å². The Hall–Kier alpha value is -0.880. The van der Waals surface area contributed by atoms with E-state index in [4.69, 9.17) is 9.05 Å². The van der Waals surface area contributed by atoms with Gasteiger partial charge in [0.05, 0.1) is 13.2 Å². The third kappa shape index (κ3) is 6.20. The van der Waals surface area contributed by atoms with Crippen LogP contribution in [0.4, 0.5) is 0 Å². The molecule has 0 aliphatic carbocycles. The smallest absolute Gasteiger partial charge is 0.243 e. The second-order valence-electron chi connectivity index (χ2n) is 5.35. The van der Waals surface area contributed by atoms with Gasteiger partial charge < -0.3 is 20.4 Å². The van der Waals surface area contributed by atoms with E-state index in [2.05, 4.69) is 10.6 Å². The minimum atomic E-state index is -1.96. The van der Waals surface area contributed by atoms with Gasteiger partial charge in [-0.2, -0.15) is 9.05 Å². The molecule has 4 atom stereocenters. The van der Waals surface area contributed by atoms with Gasteiger partial charge in [-0.15, -0.1) is 0 Å². The maximum Gasteiger partial charge on any atom is 0.243 e. The Bertz CT molecular complexity index is 501. The molecule has 1 rings (SSSR count). The van der Waals surface area contributed by atoms with Crippen LogP contribution >= 0.6 is 16.0 Å². The molecule has 0 aromatic heterocycles.